The average molecular weight is 192 g/mol. The van der Waals surface area contributed by atoms with Gasteiger partial charge in [-0.1, -0.05) is 31.2 Å². The smallest absolute Gasteiger partial charge is 0.0585 e. The summed E-state index contributed by atoms with van der Waals surface area (Å²) in [5.41, 5.74) is 5.46. The maximum atomic E-state index is 8.56. The lowest BCUT2D eigenvalue weighted by Crippen LogP contribution is -2.22. The zero-order valence-corrected chi connectivity index (χ0v) is 8.26. The first kappa shape index (κ1) is 14.2. The van der Waals surface area contributed by atoms with Crippen molar-refractivity contribution in [3.63, 3.8) is 0 Å². The maximum absolute atomic E-state index is 8.56. The molecule has 12 heavy (non-hydrogen) atoms. The summed E-state index contributed by atoms with van der Waals surface area (Å²) < 4.78 is 0. The van der Waals surface area contributed by atoms with Gasteiger partial charge in [0.25, 0.3) is 0 Å². The Balaban J connectivity index is 0. The molecule has 0 aliphatic rings. The molecule has 0 heterocycles. The van der Waals surface area contributed by atoms with Gasteiger partial charge in [-0.15, -0.1) is 12.4 Å². The van der Waals surface area contributed by atoms with Crippen molar-refractivity contribution in [2.75, 3.05) is 6.61 Å². The Bertz CT molecular complexity index is 134. The molecule has 0 radical (unpaired) electrons. The highest BCUT2D eigenvalue weighted by atomic mass is 35.5. The third kappa shape index (κ3) is 9.69. The summed E-state index contributed by atoms with van der Waals surface area (Å²) in [6, 6.07) is -0.110. The predicted octanol–water partition coefficient (Wildman–Crippen LogP) is 1.64. The number of halogens is 1. The largest absolute Gasteiger partial charge is 0.395 e. The molecule has 72 valence electrons. The fourth-order valence-corrected chi connectivity index (χ4v) is 0.621. The Morgan fingerprint density at radius 1 is 1.33 bits per heavy atom. The van der Waals surface area contributed by atoms with Gasteiger partial charge in [0, 0.05) is 6.04 Å². The quantitative estimate of drug-likeness (QED) is 0.650. The molecule has 1 unspecified atom stereocenters. The van der Waals surface area contributed by atoms with Gasteiger partial charge in [-0.25, -0.2) is 0 Å². The van der Waals surface area contributed by atoms with Crippen LogP contribution in [-0.2, 0) is 0 Å². The molecule has 0 aliphatic carbocycles. The first-order valence-electron chi connectivity index (χ1n) is 3.99. The first-order chi connectivity index (χ1) is 5.31. The van der Waals surface area contributed by atoms with Crippen molar-refractivity contribution in [1.82, 2.24) is 0 Å². The van der Waals surface area contributed by atoms with Crippen LogP contribution < -0.4 is 5.73 Å². The number of rotatable bonds is 5. The molecular formula is C9H18ClNO. The lowest BCUT2D eigenvalue weighted by molar-refractivity contribution is 0.266. The molecule has 0 fully saturated rings. The predicted molar refractivity (Wildman–Crippen MR) is 55.5 cm³/mol. The minimum absolute atomic E-state index is 0. The summed E-state index contributed by atoms with van der Waals surface area (Å²) in [4.78, 5) is 0. The Labute approximate surface area is 80.6 Å². The zero-order valence-electron chi connectivity index (χ0n) is 7.44. The molecule has 3 N–H and O–H groups in total. The topological polar surface area (TPSA) is 46.2 Å². The van der Waals surface area contributed by atoms with E-state index in [1.165, 1.54) is 0 Å². The minimum atomic E-state index is -0.110. The molecule has 2 nitrogen and oxygen atoms in total. The van der Waals surface area contributed by atoms with Gasteiger partial charge in [0.05, 0.1) is 6.61 Å². The summed E-state index contributed by atoms with van der Waals surface area (Å²) >= 11 is 0. The van der Waals surface area contributed by atoms with Crippen molar-refractivity contribution < 1.29 is 5.11 Å². The van der Waals surface area contributed by atoms with E-state index in [1.807, 2.05) is 18.2 Å². The molecule has 1 atom stereocenters. The van der Waals surface area contributed by atoms with Gasteiger partial charge < -0.3 is 10.8 Å². The summed E-state index contributed by atoms with van der Waals surface area (Å²) in [7, 11) is 0. The van der Waals surface area contributed by atoms with E-state index in [9.17, 15) is 0 Å². The molecule has 0 aromatic rings. The van der Waals surface area contributed by atoms with Crippen LogP contribution in [0.4, 0.5) is 0 Å². The van der Waals surface area contributed by atoms with E-state index in [1.54, 1.807) is 0 Å². The second-order valence-corrected chi connectivity index (χ2v) is 2.44. The molecule has 0 rings (SSSR count). The van der Waals surface area contributed by atoms with E-state index >= 15 is 0 Å². The van der Waals surface area contributed by atoms with Crippen molar-refractivity contribution >= 4 is 12.4 Å². The second-order valence-electron chi connectivity index (χ2n) is 2.44. The van der Waals surface area contributed by atoms with Gasteiger partial charge in [0.2, 0.25) is 0 Å². The highest BCUT2D eigenvalue weighted by Gasteiger charge is 1.93. The zero-order chi connectivity index (χ0) is 8.53. The Morgan fingerprint density at radius 2 is 1.92 bits per heavy atom. The molecular weight excluding hydrogens is 174 g/mol. The van der Waals surface area contributed by atoms with Gasteiger partial charge in [-0.05, 0) is 12.8 Å². The van der Waals surface area contributed by atoms with Gasteiger partial charge in [0.1, 0.15) is 0 Å². The summed E-state index contributed by atoms with van der Waals surface area (Å²) in [6.45, 7) is 2.14. The number of allylic oxidation sites excluding steroid dienone is 3. The number of hydrogen-bond acceptors (Lipinski definition) is 2. The van der Waals surface area contributed by atoms with Crippen LogP contribution in [0.3, 0.4) is 0 Å². The fourth-order valence-electron chi connectivity index (χ4n) is 0.621. The van der Waals surface area contributed by atoms with Crippen molar-refractivity contribution in [2.24, 2.45) is 5.73 Å². The average Bonchev–Trinajstić information content (AvgIpc) is 2.04. The number of nitrogens with two attached hydrogens (primary N) is 1. The lowest BCUT2D eigenvalue weighted by atomic mass is 10.2. The summed E-state index contributed by atoms with van der Waals surface area (Å²) in [5, 5.41) is 8.56. The SMILES string of the molecule is CC/C=C/C=C/CC(N)CO.Cl. The molecule has 0 aliphatic heterocycles. The Kier molecular flexibility index (Phi) is 12.7. The van der Waals surface area contributed by atoms with Crippen LogP contribution in [0, 0.1) is 0 Å². The van der Waals surface area contributed by atoms with E-state index in [-0.39, 0.29) is 25.1 Å². The Morgan fingerprint density at radius 3 is 2.42 bits per heavy atom. The standard InChI is InChI=1S/C9H17NO.ClH/c1-2-3-4-5-6-7-9(10)8-11;/h3-6,9,11H,2,7-8,10H2,1H3;1H/b4-3+,6-5+;. The molecule has 0 saturated heterocycles. The van der Waals surface area contributed by atoms with Crippen LogP contribution in [0.1, 0.15) is 19.8 Å². The van der Waals surface area contributed by atoms with E-state index in [4.69, 9.17) is 10.8 Å². The third-order valence-electron chi connectivity index (χ3n) is 1.29. The maximum Gasteiger partial charge on any atom is 0.0585 e. The van der Waals surface area contributed by atoms with Gasteiger partial charge in [-0.2, -0.15) is 0 Å². The van der Waals surface area contributed by atoms with Gasteiger partial charge in [-0.3, -0.25) is 0 Å². The van der Waals surface area contributed by atoms with Crippen LogP contribution in [-0.4, -0.2) is 17.8 Å². The highest BCUT2D eigenvalue weighted by Crippen LogP contribution is 1.89. The number of aliphatic hydroxyl groups excluding tert-OH is 1. The molecule has 3 heteroatoms. The Hall–Kier alpha value is -0.310. The molecule has 0 amide bonds. The van der Waals surface area contributed by atoms with E-state index in [0.717, 1.165) is 12.8 Å². The van der Waals surface area contributed by atoms with E-state index < -0.39 is 0 Å². The fraction of sp³-hybridized carbons (Fsp3) is 0.556. The first-order valence-corrected chi connectivity index (χ1v) is 3.99. The third-order valence-corrected chi connectivity index (χ3v) is 1.29. The summed E-state index contributed by atoms with van der Waals surface area (Å²) in [5.74, 6) is 0. The lowest BCUT2D eigenvalue weighted by Gasteiger charge is -2.00. The molecule has 0 aromatic heterocycles. The monoisotopic (exact) mass is 191 g/mol. The molecule has 0 spiro atoms. The van der Waals surface area contributed by atoms with E-state index in [2.05, 4.69) is 13.0 Å². The van der Waals surface area contributed by atoms with Crippen LogP contribution >= 0.6 is 12.4 Å². The van der Waals surface area contributed by atoms with Gasteiger partial charge in [0.15, 0.2) is 0 Å². The second kappa shape index (κ2) is 10.7. The van der Waals surface area contributed by atoms with E-state index in [0.29, 0.717) is 0 Å². The van der Waals surface area contributed by atoms with Crippen molar-refractivity contribution in [3.8, 4) is 0 Å². The number of aliphatic hydroxyl groups is 1. The van der Waals surface area contributed by atoms with Crippen LogP contribution in [0.15, 0.2) is 24.3 Å². The van der Waals surface area contributed by atoms with Crippen LogP contribution in [0.25, 0.3) is 0 Å². The molecule has 0 bridgehead atoms. The van der Waals surface area contributed by atoms with Gasteiger partial charge >= 0.3 is 0 Å². The van der Waals surface area contributed by atoms with Crippen molar-refractivity contribution in [1.29, 1.82) is 0 Å². The van der Waals surface area contributed by atoms with Crippen molar-refractivity contribution in [3.05, 3.63) is 24.3 Å². The van der Waals surface area contributed by atoms with Crippen molar-refractivity contribution in [2.45, 2.75) is 25.8 Å². The molecule has 0 aromatic carbocycles. The minimum Gasteiger partial charge on any atom is -0.395 e. The molecule has 0 saturated carbocycles. The van der Waals surface area contributed by atoms with Crippen LogP contribution in [0.2, 0.25) is 0 Å². The normalized spacial score (nSPS) is 13.6. The van der Waals surface area contributed by atoms with Crippen LogP contribution in [0.5, 0.6) is 0 Å². The summed E-state index contributed by atoms with van der Waals surface area (Å²) in [6.07, 6.45) is 9.78. The highest BCUT2D eigenvalue weighted by molar-refractivity contribution is 5.85. The number of hydrogen-bond donors (Lipinski definition) is 2.